The summed E-state index contributed by atoms with van der Waals surface area (Å²) in [5.74, 6) is 0.447. The Hall–Kier alpha value is -0.590. The summed E-state index contributed by atoms with van der Waals surface area (Å²) in [6.45, 7) is 1.17. The van der Waals surface area contributed by atoms with Gasteiger partial charge < -0.3 is 10.0 Å². The van der Waals surface area contributed by atoms with Crippen molar-refractivity contribution >= 4 is 31.5 Å². The van der Waals surface area contributed by atoms with Gasteiger partial charge in [-0.25, -0.2) is 8.42 Å². The Balaban J connectivity index is 2.26. The van der Waals surface area contributed by atoms with Gasteiger partial charge in [0.15, 0.2) is 9.84 Å². The molecule has 18 heavy (non-hydrogen) atoms. The zero-order valence-corrected chi connectivity index (χ0v) is 12.4. The van der Waals surface area contributed by atoms with Crippen molar-refractivity contribution in [1.82, 2.24) is 0 Å². The molecule has 0 amide bonds. The van der Waals surface area contributed by atoms with Crippen molar-refractivity contribution < 1.29 is 13.5 Å². The molecule has 0 saturated carbocycles. The molecule has 1 saturated heterocycles. The number of aliphatic hydroxyl groups is 1. The van der Waals surface area contributed by atoms with E-state index in [1.807, 2.05) is 23.1 Å². The highest BCUT2D eigenvalue weighted by molar-refractivity contribution is 9.10. The Bertz CT molecular complexity index is 530. The van der Waals surface area contributed by atoms with Gasteiger partial charge in [0.25, 0.3) is 0 Å². The molecule has 6 heteroatoms. The third-order valence-corrected chi connectivity index (χ3v) is 5.32. The highest BCUT2D eigenvalue weighted by atomic mass is 79.9. The van der Waals surface area contributed by atoms with Crippen LogP contribution < -0.4 is 4.90 Å². The van der Waals surface area contributed by atoms with E-state index < -0.39 is 9.84 Å². The first-order valence-corrected chi connectivity index (χ1v) is 8.48. The maximum Gasteiger partial charge on any atom is 0.152 e. The van der Waals surface area contributed by atoms with Crippen LogP contribution in [-0.4, -0.2) is 38.1 Å². The fourth-order valence-corrected chi connectivity index (χ4v) is 3.85. The van der Waals surface area contributed by atoms with Crippen LogP contribution in [0.1, 0.15) is 12.0 Å². The molecule has 2 rings (SSSR count). The Morgan fingerprint density at radius 3 is 2.78 bits per heavy atom. The molecular formula is C12H16BrNO3S. The largest absolute Gasteiger partial charge is 0.392 e. The summed E-state index contributed by atoms with van der Waals surface area (Å²) in [7, 11) is -2.90. The fraction of sp³-hybridized carbons (Fsp3) is 0.500. The van der Waals surface area contributed by atoms with Gasteiger partial charge in [0.1, 0.15) is 0 Å². The molecule has 100 valence electrons. The van der Waals surface area contributed by atoms with E-state index in [1.165, 1.54) is 0 Å². The lowest BCUT2D eigenvalue weighted by molar-refractivity contribution is 0.282. The first kappa shape index (κ1) is 13.8. The minimum Gasteiger partial charge on any atom is -0.392 e. The lowest BCUT2D eigenvalue weighted by Crippen LogP contribution is -2.27. The molecule has 0 unspecified atom stereocenters. The first-order chi connectivity index (χ1) is 8.52. The first-order valence-electron chi connectivity index (χ1n) is 5.86. The molecule has 1 fully saturated rings. The summed E-state index contributed by atoms with van der Waals surface area (Å²) < 4.78 is 24.1. The van der Waals surface area contributed by atoms with Crippen LogP contribution in [-0.2, 0) is 16.4 Å². The lowest BCUT2D eigenvalue weighted by Gasteiger charge is -2.24. The van der Waals surface area contributed by atoms with Crippen LogP contribution in [0.25, 0.3) is 0 Å². The van der Waals surface area contributed by atoms with E-state index in [0.717, 1.165) is 15.7 Å². The Kier molecular flexibility index (Phi) is 4.29. The van der Waals surface area contributed by atoms with E-state index in [0.29, 0.717) is 19.5 Å². The predicted molar refractivity (Wildman–Crippen MR) is 75.5 cm³/mol. The van der Waals surface area contributed by atoms with E-state index in [2.05, 4.69) is 15.9 Å². The standard InChI is InChI=1S/C12H16BrNO3S/c13-11-2-3-12(10(8-11)9-15)14-4-1-6-18(16,17)7-5-14/h2-3,8,15H,1,4-7,9H2. The lowest BCUT2D eigenvalue weighted by atomic mass is 10.1. The van der Waals surface area contributed by atoms with Crippen LogP contribution in [0.5, 0.6) is 0 Å². The average molecular weight is 334 g/mol. The van der Waals surface area contributed by atoms with E-state index in [4.69, 9.17) is 0 Å². The molecule has 0 radical (unpaired) electrons. The van der Waals surface area contributed by atoms with Gasteiger partial charge >= 0.3 is 0 Å². The number of benzene rings is 1. The van der Waals surface area contributed by atoms with Gasteiger partial charge in [-0.3, -0.25) is 0 Å². The number of sulfone groups is 1. The Labute approximate surface area is 116 Å². The van der Waals surface area contributed by atoms with Crippen molar-refractivity contribution in [2.75, 3.05) is 29.5 Å². The number of rotatable bonds is 2. The molecular weight excluding hydrogens is 318 g/mol. The zero-order valence-electron chi connectivity index (χ0n) is 9.97. The van der Waals surface area contributed by atoms with E-state index in [9.17, 15) is 13.5 Å². The van der Waals surface area contributed by atoms with Gasteiger partial charge in [0, 0.05) is 28.8 Å². The van der Waals surface area contributed by atoms with Crippen LogP contribution in [0.2, 0.25) is 0 Å². The monoisotopic (exact) mass is 333 g/mol. The molecule has 1 aliphatic heterocycles. The fourth-order valence-electron chi connectivity index (χ4n) is 2.17. The summed E-state index contributed by atoms with van der Waals surface area (Å²) in [5.41, 5.74) is 1.75. The van der Waals surface area contributed by atoms with Crippen LogP contribution in [0, 0.1) is 0 Å². The smallest absolute Gasteiger partial charge is 0.152 e. The quantitative estimate of drug-likeness (QED) is 0.892. The Morgan fingerprint density at radius 2 is 2.06 bits per heavy atom. The second kappa shape index (κ2) is 5.59. The van der Waals surface area contributed by atoms with Crippen LogP contribution >= 0.6 is 15.9 Å². The van der Waals surface area contributed by atoms with E-state index >= 15 is 0 Å². The van der Waals surface area contributed by atoms with Crippen molar-refractivity contribution in [3.8, 4) is 0 Å². The van der Waals surface area contributed by atoms with Gasteiger partial charge in [-0.05, 0) is 24.6 Å². The van der Waals surface area contributed by atoms with Gasteiger partial charge in [-0.2, -0.15) is 0 Å². The maximum absolute atomic E-state index is 11.6. The molecule has 4 nitrogen and oxygen atoms in total. The van der Waals surface area contributed by atoms with Crippen LogP contribution in [0.3, 0.4) is 0 Å². The second-order valence-electron chi connectivity index (χ2n) is 4.42. The summed E-state index contributed by atoms with van der Waals surface area (Å²) >= 11 is 3.37. The zero-order chi connectivity index (χ0) is 13.2. The molecule has 0 spiro atoms. The molecule has 1 aromatic carbocycles. The van der Waals surface area contributed by atoms with Crippen molar-refractivity contribution in [3.05, 3.63) is 28.2 Å². The topological polar surface area (TPSA) is 57.6 Å². The SMILES string of the molecule is O=S1(=O)CCCN(c2ccc(Br)cc2CO)CC1. The third kappa shape index (κ3) is 3.24. The van der Waals surface area contributed by atoms with Crippen LogP contribution in [0.15, 0.2) is 22.7 Å². The summed E-state index contributed by atoms with van der Waals surface area (Å²) in [4.78, 5) is 2.04. The Morgan fingerprint density at radius 1 is 1.28 bits per heavy atom. The van der Waals surface area contributed by atoms with Crippen molar-refractivity contribution in [2.45, 2.75) is 13.0 Å². The van der Waals surface area contributed by atoms with E-state index in [-0.39, 0.29) is 18.1 Å². The second-order valence-corrected chi connectivity index (χ2v) is 7.64. The highest BCUT2D eigenvalue weighted by Crippen LogP contribution is 2.26. The van der Waals surface area contributed by atoms with Gasteiger partial charge in [-0.1, -0.05) is 15.9 Å². The molecule has 1 aromatic rings. The number of hydrogen-bond acceptors (Lipinski definition) is 4. The molecule has 0 bridgehead atoms. The summed E-state index contributed by atoms with van der Waals surface area (Å²) in [6.07, 6.45) is 0.642. The van der Waals surface area contributed by atoms with Crippen molar-refractivity contribution in [2.24, 2.45) is 0 Å². The normalized spacial score (nSPS) is 19.6. The molecule has 1 aliphatic rings. The van der Waals surface area contributed by atoms with Crippen molar-refractivity contribution in [3.63, 3.8) is 0 Å². The van der Waals surface area contributed by atoms with Crippen LogP contribution in [0.4, 0.5) is 5.69 Å². The molecule has 0 aliphatic carbocycles. The third-order valence-electron chi connectivity index (χ3n) is 3.11. The minimum absolute atomic E-state index is 0.0436. The number of halogens is 1. The maximum atomic E-state index is 11.6. The van der Waals surface area contributed by atoms with Gasteiger partial charge in [-0.15, -0.1) is 0 Å². The van der Waals surface area contributed by atoms with Crippen molar-refractivity contribution in [1.29, 1.82) is 0 Å². The van der Waals surface area contributed by atoms with Gasteiger partial charge in [0.05, 0.1) is 18.1 Å². The number of aliphatic hydroxyl groups excluding tert-OH is 1. The number of hydrogen-bond donors (Lipinski definition) is 1. The summed E-state index contributed by atoms with van der Waals surface area (Å²) in [6, 6.07) is 5.70. The molecule has 1 heterocycles. The average Bonchev–Trinajstić information content (AvgIpc) is 2.50. The minimum atomic E-state index is -2.90. The number of nitrogens with zero attached hydrogens (tertiary/aromatic N) is 1. The predicted octanol–water partition coefficient (Wildman–Crippen LogP) is 1.57. The molecule has 0 atom stereocenters. The number of anilines is 1. The molecule has 1 N–H and O–H groups in total. The molecule has 0 aromatic heterocycles. The van der Waals surface area contributed by atoms with E-state index in [1.54, 1.807) is 0 Å². The summed E-state index contributed by atoms with van der Waals surface area (Å²) in [5, 5.41) is 9.38. The van der Waals surface area contributed by atoms with Gasteiger partial charge in [0.2, 0.25) is 0 Å². The highest BCUT2D eigenvalue weighted by Gasteiger charge is 2.20.